The van der Waals surface area contributed by atoms with Crippen LogP contribution in [0, 0.1) is 18.8 Å². The molecule has 6 heteroatoms. The highest BCUT2D eigenvalue weighted by Crippen LogP contribution is 2.41. The first-order valence-corrected chi connectivity index (χ1v) is 7.88. The van der Waals surface area contributed by atoms with Gasteiger partial charge in [-0.3, -0.25) is 9.78 Å². The van der Waals surface area contributed by atoms with Crippen molar-refractivity contribution in [2.45, 2.75) is 25.8 Å². The number of hydrogen-bond acceptors (Lipinski definition) is 5. The molecule has 1 aromatic heterocycles. The van der Waals surface area contributed by atoms with Gasteiger partial charge in [0, 0.05) is 39.2 Å². The first kappa shape index (κ1) is 15.2. The van der Waals surface area contributed by atoms with Gasteiger partial charge in [-0.05, 0) is 25.7 Å². The summed E-state index contributed by atoms with van der Waals surface area (Å²) in [6, 6.07) is 0.433. The molecule has 1 aliphatic heterocycles. The van der Waals surface area contributed by atoms with E-state index in [4.69, 9.17) is 4.74 Å². The van der Waals surface area contributed by atoms with Crippen LogP contribution < -0.4 is 4.90 Å². The Kier molecular flexibility index (Phi) is 4.29. The Bertz CT molecular complexity index is 533. The Morgan fingerprint density at radius 3 is 2.86 bits per heavy atom. The molecule has 1 aliphatic carbocycles. The Hall–Kier alpha value is -1.69. The number of nitrogens with zero attached hydrogens (tertiary/aromatic N) is 4. The predicted molar refractivity (Wildman–Crippen MR) is 83.6 cm³/mol. The van der Waals surface area contributed by atoms with E-state index in [9.17, 15) is 4.79 Å². The fraction of sp³-hybridized carbons (Fsp3) is 0.688. The Morgan fingerprint density at radius 1 is 1.36 bits per heavy atom. The number of carbonyl (C=O) groups is 1. The van der Waals surface area contributed by atoms with Crippen molar-refractivity contribution in [2.75, 3.05) is 38.8 Å². The lowest BCUT2D eigenvalue weighted by atomic mass is 9.97. The zero-order valence-corrected chi connectivity index (χ0v) is 13.5. The number of ether oxygens (including phenoxy) is 1. The fourth-order valence-electron chi connectivity index (χ4n) is 3.87. The molecule has 3 atom stereocenters. The molecule has 1 amide bonds. The molecule has 1 saturated heterocycles. The second kappa shape index (κ2) is 6.20. The molecule has 2 fully saturated rings. The molecule has 0 aromatic carbocycles. The van der Waals surface area contributed by atoms with Crippen LogP contribution in [0.5, 0.6) is 0 Å². The fourth-order valence-corrected chi connectivity index (χ4v) is 3.87. The normalized spacial score (nSPS) is 27.0. The van der Waals surface area contributed by atoms with Crippen LogP contribution in [-0.4, -0.2) is 60.7 Å². The topological polar surface area (TPSA) is 58.6 Å². The third-order valence-electron chi connectivity index (χ3n) is 5.07. The Morgan fingerprint density at radius 2 is 2.18 bits per heavy atom. The minimum Gasteiger partial charge on any atom is -0.375 e. The number of amides is 1. The van der Waals surface area contributed by atoms with Gasteiger partial charge < -0.3 is 14.5 Å². The number of anilines is 1. The lowest BCUT2D eigenvalue weighted by Gasteiger charge is -2.30. The molecular weight excluding hydrogens is 280 g/mol. The van der Waals surface area contributed by atoms with Gasteiger partial charge in [0.15, 0.2) is 0 Å². The van der Waals surface area contributed by atoms with Crippen molar-refractivity contribution in [2.24, 2.45) is 11.8 Å². The van der Waals surface area contributed by atoms with Crippen LogP contribution in [0.3, 0.4) is 0 Å². The molecule has 1 aromatic rings. The van der Waals surface area contributed by atoms with Crippen LogP contribution in [-0.2, 0) is 9.53 Å². The summed E-state index contributed by atoms with van der Waals surface area (Å²) >= 11 is 0. The standard InChI is InChI=1S/C16H24N4O2/c1-11-6-18-15(7-17-11)19(2)14-5-4-12-8-20(9-13(12)14)16(21)10-22-3/h6-7,12-14H,4-5,8-10H2,1-3H3/t12-,13+,14-/m1/s1. The molecule has 2 aliphatic rings. The average molecular weight is 304 g/mol. The van der Waals surface area contributed by atoms with Crippen molar-refractivity contribution in [1.29, 1.82) is 0 Å². The zero-order chi connectivity index (χ0) is 15.7. The third kappa shape index (κ3) is 2.79. The van der Waals surface area contributed by atoms with E-state index in [0.29, 0.717) is 17.9 Å². The summed E-state index contributed by atoms with van der Waals surface area (Å²) in [6.45, 7) is 3.83. The maximum Gasteiger partial charge on any atom is 0.248 e. The summed E-state index contributed by atoms with van der Waals surface area (Å²) in [5, 5.41) is 0. The molecule has 1 saturated carbocycles. The lowest BCUT2D eigenvalue weighted by molar-refractivity contribution is -0.134. The maximum absolute atomic E-state index is 12.0. The summed E-state index contributed by atoms with van der Waals surface area (Å²) in [6.07, 6.45) is 5.98. The number of aromatic nitrogens is 2. The van der Waals surface area contributed by atoms with E-state index in [1.165, 1.54) is 6.42 Å². The van der Waals surface area contributed by atoms with Gasteiger partial charge in [-0.15, -0.1) is 0 Å². The van der Waals surface area contributed by atoms with Crippen molar-refractivity contribution in [3.63, 3.8) is 0 Å². The van der Waals surface area contributed by atoms with Crippen LogP contribution in [0.1, 0.15) is 18.5 Å². The minimum absolute atomic E-state index is 0.105. The number of methoxy groups -OCH3 is 1. The predicted octanol–water partition coefficient (Wildman–Crippen LogP) is 1.10. The summed E-state index contributed by atoms with van der Waals surface area (Å²) in [5.41, 5.74) is 0.929. The van der Waals surface area contributed by atoms with E-state index in [0.717, 1.165) is 31.0 Å². The molecular formula is C16H24N4O2. The second-order valence-electron chi connectivity index (χ2n) is 6.43. The van der Waals surface area contributed by atoms with E-state index in [1.807, 2.05) is 18.0 Å². The van der Waals surface area contributed by atoms with Gasteiger partial charge in [-0.2, -0.15) is 0 Å². The summed E-state index contributed by atoms with van der Waals surface area (Å²) in [7, 11) is 3.66. The molecule has 0 N–H and O–H groups in total. The quantitative estimate of drug-likeness (QED) is 0.834. The molecule has 0 spiro atoms. The molecule has 2 heterocycles. The van der Waals surface area contributed by atoms with Crippen LogP contribution in [0.2, 0.25) is 0 Å². The zero-order valence-electron chi connectivity index (χ0n) is 13.5. The van der Waals surface area contributed by atoms with Gasteiger partial charge in [0.05, 0.1) is 18.1 Å². The van der Waals surface area contributed by atoms with Crippen LogP contribution in [0.25, 0.3) is 0 Å². The molecule has 120 valence electrons. The van der Waals surface area contributed by atoms with Crippen LogP contribution in [0.4, 0.5) is 5.82 Å². The van der Waals surface area contributed by atoms with E-state index in [1.54, 1.807) is 13.3 Å². The van der Waals surface area contributed by atoms with E-state index < -0.39 is 0 Å². The SMILES string of the molecule is COCC(=O)N1C[C@H]2CC[C@@H](N(C)c3cnc(C)cn3)[C@H]2C1. The highest BCUT2D eigenvalue weighted by Gasteiger charge is 2.45. The highest BCUT2D eigenvalue weighted by atomic mass is 16.5. The molecule has 0 bridgehead atoms. The number of aryl methyl sites for hydroxylation is 1. The molecule has 3 rings (SSSR count). The second-order valence-corrected chi connectivity index (χ2v) is 6.43. The Balaban J connectivity index is 1.68. The molecule has 0 radical (unpaired) electrons. The first-order chi connectivity index (χ1) is 10.6. The number of hydrogen-bond donors (Lipinski definition) is 0. The number of rotatable bonds is 4. The first-order valence-electron chi connectivity index (χ1n) is 7.88. The van der Waals surface area contributed by atoms with Gasteiger partial charge in [0.1, 0.15) is 12.4 Å². The summed E-state index contributed by atoms with van der Waals surface area (Å²) in [4.78, 5) is 25.0. The largest absolute Gasteiger partial charge is 0.375 e. The molecule has 0 unspecified atom stereocenters. The van der Waals surface area contributed by atoms with Gasteiger partial charge in [-0.25, -0.2) is 4.98 Å². The number of likely N-dealkylation sites (tertiary alicyclic amines) is 1. The van der Waals surface area contributed by atoms with Crippen LogP contribution >= 0.6 is 0 Å². The van der Waals surface area contributed by atoms with Crippen molar-refractivity contribution >= 4 is 11.7 Å². The highest BCUT2D eigenvalue weighted by molar-refractivity contribution is 5.77. The monoisotopic (exact) mass is 304 g/mol. The van der Waals surface area contributed by atoms with E-state index >= 15 is 0 Å². The number of fused-ring (bicyclic) bond motifs is 1. The summed E-state index contributed by atoms with van der Waals surface area (Å²) in [5.74, 6) is 2.15. The van der Waals surface area contributed by atoms with Crippen molar-refractivity contribution in [1.82, 2.24) is 14.9 Å². The number of carbonyl (C=O) groups excluding carboxylic acids is 1. The van der Waals surface area contributed by atoms with Gasteiger partial charge in [0.2, 0.25) is 5.91 Å². The Labute approximate surface area is 131 Å². The van der Waals surface area contributed by atoms with Gasteiger partial charge in [0.25, 0.3) is 0 Å². The van der Waals surface area contributed by atoms with Gasteiger partial charge >= 0.3 is 0 Å². The lowest BCUT2D eigenvalue weighted by Crippen LogP contribution is -2.39. The average Bonchev–Trinajstić information content (AvgIpc) is 3.07. The molecule has 22 heavy (non-hydrogen) atoms. The molecule has 6 nitrogen and oxygen atoms in total. The van der Waals surface area contributed by atoms with E-state index in [2.05, 4.69) is 21.9 Å². The van der Waals surface area contributed by atoms with Crippen molar-refractivity contribution in [3.05, 3.63) is 18.1 Å². The van der Waals surface area contributed by atoms with E-state index in [-0.39, 0.29) is 12.5 Å². The smallest absolute Gasteiger partial charge is 0.248 e. The summed E-state index contributed by atoms with van der Waals surface area (Å²) < 4.78 is 4.97. The van der Waals surface area contributed by atoms with Crippen LogP contribution in [0.15, 0.2) is 12.4 Å². The maximum atomic E-state index is 12.0. The minimum atomic E-state index is 0.105. The van der Waals surface area contributed by atoms with Crippen molar-refractivity contribution in [3.8, 4) is 0 Å². The van der Waals surface area contributed by atoms with Crippen molar-refractivity contribution < 1.29 is 9.53 Å². The third-order valence-corrected chi connectivity index (χ3v) is 5.07. The van der Waals surface area contributed by atoms with Gasteiger partial charge in [-0.1, -0.05) is 0 Å².